The Bertz CT molecular complexity index is 425. The lowest BCUT2D eigenvalue weighted by Gasteiger charge is -2.31. The van der Waals surface area contributed by atoms with Gasteiger partial charge < -0.3 is 10.4 Å². The van der Waals surface area contributed by atoms with Crippen LogP contribution < -0.4 is 5.32 Å². The number of piperidine rings is 1. The highest BCUT2D eigenvalue weighted by atomic mass is 19.1. The minimum atomic E-state index is -0.955. The molecule has 3 atom stereocenters. The lowest BCUT2D eigenvalue weighted by Crippen LogP contribution is -2.39. The summed E-state index contributed by atoms with van der Waals surface area (Å²) in [5.41, 5.74) is 0.0559. The summed E-state index contributed by atoms with van der Waals surface area (Å²) < 4.78 is 26.7. The highest BCUT2D eigenvalue weighted by molar-refractivity contribution is 5.21. The standard InChI is InChI=1S/C15H21F2NO/c1-2-10-5-6-18-12(7-10)9-15(19)13-8-11(16)3-4-14(13)17/h3-4,8,10,12,15,18-19H,2,5-7,9H2,1H3. The molecule has 0 aromatic heterocycles. The molecule has 1 saturated heterocycles. The van der Waals surface area contributed by atoms with Gasteiger partial charge in [-0.25, -0.2) is 8.78 Å². The van der Waals surface area contributed by atoms with Gasteiger partial charge in [-0.2, -0.15) is 0 Å². The molecule has 1 aromatic rings. The summed E-state index contributed by atoms with van der Waals surface area (Å²) >= 11 is 0. The predicted octanol–water partition coefficient (Wildman–Crippen LogP) is 3.17. The maximum absolute atomic E-state index is 13.6. The van der Waals surface area contributed by atoms with Gasteiger partial charge in [-0.05, 0) is 49.9 Å². The van der Waals surface area contributed by atoms with Gasteiger partial charge in [0.1, 0.15) is 11.6 Å². The molecule has 1 aliphatic rings. The van der Waals surface area contributed by atoms with Crippen molar-refractivity contribution in [3.05, 3.63) is 35.4 Å². The highest BCUT2D eigenvalue weighted by Crippen LogP contribution is 2.27. The average molecular weight is 269 g/mol. The minimum absolute atomic E-state index is 0.0559. The van der Waals surface area contributed by atoms with E-state index < -0.39 is 17.7 Å². The Balaban J connectivity index is 2.00. The molecule has 1 aromatic carbocycles. The zero-order chi connectivity index (χ0) is 13.8. The van der Waals surface area contributed by atoms with Crippen LogP contribution in [0, 0.1) is 17.6 Å². The quantitative estimate of drug-likeness (QED) is 0.880. The molecule has 0 saturated carbocycles. The van der Waals surface area contributed by atoms with Crippen LogP contribution in [-0.2, 0) is 0 Å². The van der Waals surface area contributed by atoms with Crippen LogP contribution >= 0.6 is 0 Å². The molecule has 0 aliphatic carbocycles. The Kier molecular flexibility index (Phi) is 4.88. The molecule has 0 spiro atoms. The van der Waals surface area contributed by atoms with Crippen LogP contribution in [0.5, 0.6) is 0 Å². The number of rotatable bonds is 4. The maximum Gasteiger partial charge on any atom is 0.129 e. The van der Waals surface area contributed by atoms with Crippen LogP contribution in [0.1, 0.15) is 44.3 Å². The van der Waals surface area contributed by atoms with E-state index in [1.807, 2.05) is 0 Å². The SMILES string of the molecule is CCC1CCNC(CC(O)c2cc(F)ccc2F)C1. The molecule has 0 bridgehead atoms. The van der Waals surface area contributed by atoms with E-state index in [4.69, 9.17) is 0 Å². The van der Waals surface area contributed by atoms with Gasteiger partial charge in [0.15, 0.2) is 0 Å². The topological polar surface area (TPSA) is 32.3 Å². The molecule has 19 heavy (non-hydrogen) atoms. The normalized spacial score (nSPS) is 25.3. The maximum atomic E-state index is 13.6. The van der Waals surface area contributed by atoms with Crippen molar-refractivity contribution in [3.8, 4) is 0 Å². The fourth-order valence-electron chi connectivity index (χ4n) is 2.81. The Hall–Kier alpha value is -1.00. The second kappa shape index (κ2) is 6.44. The molecule has 0 amide bonds. The third-order valence-electron chi connectivity index (χ3n) is 4.01. The van der Waals surface area contributed by atoms with E-state index in [0.29, 0.717) is 12.3 Å². The third kappa shape index (κ3) is 3.74. The van der Waals surface area contributed by atoms with Crippen molar-refractivity contribution in [3.63, 3.8) is 0 Å². The highest BCUT2D eigenvalue weighted by Gasteiger charge is 2.24. The molecule has 0 radical (unpaired) electrons. The summed E-state index contributed by atoms with van der Waals surface area (Å²) in [5.74, 6) is -0.397. The third-order valence-corrected chi connectivity index (χ3v) is 4.01. The van der Waals surface area contributed by atoms with Gasteiger partial charge >= 0.3 is 0 Å². The van der Waals surface area contributed by atoms with E-state index in [2.05, 4.69) is 12.2 Å². The average Bonchev–Trinajstić information content (AvgIpc) is 2.41. The first kappa shape index (κ1) is 14.4. The summed E-state index contributed by atoms with van der Waals surface area (Å²) in [6.45, 7) is 3.09. The fraction of sp³-hybridized carbons (Fsp3) is 0.600. The Morgan fingerprint density at radius 1 is 1.42 bits per heavy atom. The van der Waals surface area contributed by atoms with Gasteiger partial charge in [0.25, 0.3) is 0 Å². The summed E-state index contributed by atoms with van der Waals surface area (Å²) in [4.78, 5) is 0. The minimum Gasteiger partial charge on any atom is -0.388 e. The van der Waals surface area contributed by atoms with E-state index in [1.54, 1.807) is 0 Å². The van der Waals surface area contributed by atoms with E-state index in [0.717, 1.165) is 44.0 Å². The van der Waals surface area contributed by atoms with Crippen LogP contribution in [0.25, 0.3) is 0 Å². The van der Waals surface area contributed by atoms with Gasteiger partial charge in [-0.15, -0.1) is 0 Å². The number of hydrogen-bond donors (Lipinski definition) is 2. The monoisotopic (exact) mass is 269 g/mol. The summed E-state index contributed by atoms with van der Waals surface area (Å²) in [7, 11) is 0. The molecule has 4 heteroatoms. The molecular formula is C15H21F2NO. The molecule has 2 nitrogen and oxygen atoms in total. The van der Waals surface area contributed by atoms with E-state index >= 15 is 0 Å². The summed E-state index contributed by atoms with van der Waals surface area (Å²) in [6, 6.07) is 3.39. The van der Waals surface area contributed by atoms with Gasteiger partial charge in [0.2, 0.25) is 0 Å². The number of aliphatic hydroxyl groups excluding tert-OH is 1. The molecule has 106 valence electrons. The van der Waals surface area contributed by atoms with Gasteiger partial charge in [-0.1, -0.05) is 13.3 Å². The summed E-state index contributed by atoms with van der Waals surface area (Å²) in [5, 5.41) is 13.4. The molecular weight excluding hydrogens is 248 g/mol. The lowest BCUT2D eigenvalue weighted by atomic mass is 9.87. The summed E-state index contributed by atoms with van der Waals surface area (Å²) in [6.07, 6.45) is 2.74. The van der Waals surface area contributed by atoms with Crippen molar-refractivity contribution >= 4 is 0 Å². The van der Waals surface area contributed by atoms with Crippen LogP contribution in [0.15, 0.2) is 18.2 Å². The number of aliphatic hydroxyl groups is 1. The van der Waals surface area contributed by atoms with Gasteiger partial charge in [0.05, 0.1) is 6.10 Å². The smallest absolute Gasteiger partial charge is 0.129 e. The first-order valence-electron chi connectivity index (χ1n) is 6.96. The Morgan fingerprint density at radius 2 is 2.21 bits per heavy atom. The van der Waals surface area contributed by atoms with Crippen molar-refractivity contribution in [1.82, 2.24) is 5.32 Å². The van der Waals surface area contributed by atoms with E-state index in [1.165, 1.54) is 0 Å². The van der Waals surface area contributed by atoms with Gasteiger partial charge in [0, 0.05) is 11.6 Å². The zero-order valence-electron chi connectivity index (χ0n) is 11.2. The second-order valence-corrected chi connectivity index (χ2v) is 5.37. The van der Waals surface area contributed by atoms with E-state index in [9.17, 15) is 13.9 Å². The molecule has 2 rings (SSSR count). The Morgan fingerprint density at radius 3 is 2.95 bits per heavy atom. The number of hydrogen-bond acceptors (Lipinski definition) is 2. The van der Waals surface area contributed by atoms with Crippen molar-refractivity contribution < 1.29 is 13.9 Å². The molecule has 3 unspecified atom stereocenters. The molecule has 1 heterocycles. The zero-order valence-corrected chi connectivity index (χ0v) is 11.2. The lowest BCUT2D eigenvalue weighted by molar-refractivity contribution is 0.132. The number of halogens is 2. The fourth-order valence-corrected chi connectivity index (χ4v) is 2.81. The van der Waals surface area contributed by atoms with Crippen LogP contribution in [-0.4, -0.2) is 17.7 Å². The largest absolute Gasteiger partial charge is 0.388 e. The predicted molar refractivity (Wildman–Crippen MR) is 70.7 cm³/mol. The van der Waals surface area contributed by atoms with Crippen LogP contribution in [0.4, 0.5) is 8.78 Å². The number of benzene rings is 1. The molecule has 2 N–H and O–H groups in total. The first-order valence-corrected chi connectivity index (χ1v) is 6.96. The first-order chi connectivity index (χ1) is 9.10. The van der Waals surface area contributed by atoms with Crippen LogP contribution in [0.3, 0.4) is 0 Å². The van der Waals surface area contributed by atoms with Gasteiger partial charge in [-0.3, -0.25) is 0 Å². The Labute approximate surface area is 112 Å². The van der Waals surface area contributed by atoms with E-state index in [-0.39, 0.29) is 11.6 Å². The molecule has 1 aliphatic heterocycles. The van der Waals surface area contributed by atoms with Crippen LogP contribution in [0.2, 0.25) is 0 Å². The molecule has 1 fully saturated rings. The second-order valence-electron chi connectivity index (χ2n) is 5.37. The number of nitrogens with one attached hydrogen (secondary N) is 1. The van der Waals surface area contributed by atoms with Crippen molar-refractivity contribution in [2.24, 2.45) is 5.92 Å². The van der Waals surface area contributed by atoms with Crippen molar-refractivity contribution in [1.29, 1.82) is 0 Å². The van der Waals surface area contributed by atoms with Crippen molar-refractivity contribution in [2.75, 3.05) is 6.54 Å². The van der Waals surface area contributed by atoms with Crippen molar-refractivity contribution in [2.45, 2.75) is 44.8 Å².